The quantitative estimate of drug-likeness (QED) is 0.00753. The Balaban J connectivity index is 0.000000199. The van der Waals surface area contributed by atoms with E-state index in [2.05, 4.69) is 67.8 Å². The van der Waals surface area contributed by atoms with E-state index in [0.717, 1.165) is 47.6 Å². The van der Waals surface area contributed by atoms with Crippen molar-refractivity contribution >= 4 is 162 Å². The van der Waals surface area contributed by atoms with Gasteiger partial charge < -0.3 is 66.2 Å². The number of hydrogen-bond donors (Lipinski definition) is 10. The van der Waals surface area contributed by atoms with Crippen molar-refractivity contribution in [2.24, 2.45) is 7.05 Å². The standard InChI is InChI=1S/C25H27N9O8S2.2C18H18N6O8S3.2Na/c1-3-32-8-9-33(21(39)20(32)38)24(42)27-15(12-4-6-14(35)7-5-12)18(36)26-16-19(37)34-17(23(40)41)13(10-43-22(16)34)11-44-25-28-29-30-31(25)2;2*25-13(9-4-2-1-3-5-9)14(26)19-11-15(27)24-12(17(28)29)10(6-33-16(11)24)7-34-18-20-21-22-23(18)8-35(30,31)32;;/h4-7,15-16,22,35H,3,8-11H2,1-2H3,(H,26,36)(H,27,42)(H,40,41);2*1-5,11,13,16,25H,6-8H2,(H,19,26)(H,28,29)(H,30,31,32);;/q;;;2*+1/p-2/t15-,16-,22-;2*11-,13-,16-;;/m111../s1. The molecule has 0 radical (unpaired) electrons. The molecular weight excluding hydrogens is 1710 g/mol. The van der Waals surface area contributed by atoms with E-state index in [1.165, 1.54) is 80.9 Å². The molecular formula is C61H61N21Na2O24S8. The van der Waals surface area contributed by atoms with Gasteiger partial charge in [0.25, 0.3) is 39.7 Å². The molecule has 4 fully saturated rings. The number of piperazine rings is 1. The van der Waals surface area contributed by atoms with E-state index in [1.807, 2.05) is 0 Å². The van der Waals surface area contributed by atoms with Gasteiger partial charge in [-0.15, -0.1) is 50.6 Å². The Morgan fingerprint density at radius 3 is 1.37 bits per heavy atom. The number of nitrogens with zero attached hydrogens (tertiary/aromatic N) is 17. The van der Waals surface area contributed by atoms with E-state index in [1.54, 1.807) is 74.6 Å². The van der Waals surface area contributed by atoms with Crippen LogP contribution in [-0.4, -0.2) is 296 Å². The molecule has 116 heavy (non-hydrogen) atoms. The molecule has 10 N–H and O–H groups in total. The van der Waals surface area contributed by atoms with Gasteiger partial charge in [0.05, 0.1) is 11.7 Å². The van der Waals surface area contributed by atoms with Crippen molar-refractivity contribution in [1.29, 1.82) is 0 Å². The molecule has 0 bridgehead atoms. The number of tetrazole rings is 3. The van der Waals surface area contributed by atoms with Crippen LogP contribution in [-0.2, 0) is 91.8 Å². The monoisotopic (exact) mass is 1770 g/mol. The molecule has 7 aliphatic heterocycles. The first kappa shape index (κ1) is 91.3. The Morgan fingerprint density at radius 1 is 0.560 bits per heavy atom. The van der Waals surface area contributed by atoms with Crippen LogP contribution in [0.5, 0.6) is 5.75 Å². The van der Waals surface area contributed by atoms with Crippen molar-refractivity contribution in [2.75, 3.05) is 54.2 Å². The van der Waals surface area contributed by atoms with E-state index in [-0.39, 0.29) is 145 Å². The first-order valence-corrected chi connectivity index (χ1v) is 42.2. The molecule has 0 spiro atoms. The number of nitrogens with one attached hydrogen (secondary N) is 4. The number of carboxylic acids is 3. The largest absolute Gasteiger partial charge is 1.00 e. The third kappa shape index (κ3) is 20.9. The van der Waals surface area contributed by atoms with E-state index in [0.29, 0.717) is 44.4 Å². The fraction of sp³-hybridized carbons (Fsp3) is 0.361. The molecule has 45 nitrogen and oxygen atoms in total. The number of amides is 10. The van der Waals surface area contributed by atoms with Crippen LogP contribution in [0.2, 0.25) is 0 Å². The molecule has 3 aromatic carbocycles. The van der Waals surface area contributed by atoms with E-state index in [9.17, 15) is 110 Å². The molecule has 0 unspecified atom stereocenters. The summed E-state index contributed by atoms with van der Waals surface area (Å²) in [5.41, 5.74) is 1.28. The van der Waals surface area contributed by atoms with Crippen LogP contribution in [0.15, 0.2) is 134 Å². The predicted octanol–water partition coefficient (Wildman–Crippen LogP) is -10.6. The van der Waals surface area contributed by atoms with Crippen LogP contribution in [0.25, 0.3) is 0 Å². The number of phenolic OH excluding ortho intramolecular Hbond substituents is 1. The molecule has 3 aromatic heterocycles. The number of thioether (sulfide) groups is 6. The molecule has 10 heterocycles. The van der Waals surface area contributed by atoms with Crippen LogP contribution < -0.4 is 85.5 Å². The third-order valence-corrected chi connectivity index (χ3v) is 25.7. The number of aliphatic carboxylic acids is 3. The summed E-state index contributed by atoms with van der Waals surface area (Å²) >= 11 is 6.74. The summed E-state index contributed by atoms with van der Waals surface area (Å²) < 4.78 is 67.2. The van der Waals surface area contributed by atoms with Crippen molar-refractivity contribution < 1.29 is 173 Å². The number of aromatic nitrogens is 12. The maximum Gasteiger partial charge on any atom is 1.00 e. The number of benzene rings is 3. The van der Waals surface area contributed by atoms with Crippen LogP contribution in [0.1, 0.15) is 41.9 Å². The third-order valence-electron chi connectivity index (χ3n) is 17.3. The fourth-order valence-corrected chi connectivity index (χ4v) is 20.0. The topological polar surface area (TPSA) is 636 Å². The minimum absolute atomic E-state index is 0. The fourth-order valence-electron chi connectivity index (χ4n) is 11.8. The number of urea groups is 1. The average molecular weight is 1770 g/mol. The molecule has 604 valence electrons. The molecule has 10 amide bonds. The smallest absolute Gasteiger partial charge is 0.747 e. The summed E-state index contributed by atoms with van der Waals surface area (Å²) in [6.45, 7) is 2.04. The van der Waals surface area contributed by atoms with E-state index < -0.39 is 156 Å². The Morgan fingerprint density at radius 2 is 0.966 bits per heavy atom. The molecule has 7 aliphatic rings. The first-order chi connectivity index (χ1) is 54.1. The van der Waals surface area contributed by atoms with Crippen LogP contribution in [0, 0.1) is 0 Å². The van der Waals surface area contributed by atoms with Crippen molar-refractivity contribution in [3.63, 3.8) is 0 Å². The van der Waals surface area contributed by atoms with Crippen LogP contribution in [0.4, 0.5) is 4.79 Å². The van der Waals surface area contributed by atoms with Crippen molar-refractivity contribution in [2.45, 2.75) is 86.6 Å². The van der Waals surface area contributed by atoms with Crippen LogP contribution >= 0.6 is 70.6 Å². The summed E-state index contributed by atoms with van der Waals surface area (Å²) in [6.07, 6.45) is -2.99. The van der Waals surface area contributed by atoms with Gasteiger partial charge in [-0.3, -0.25) is 62.5 Å². The van der Waals surface area contributed by atoms with Gasteiger partial charge in [0.15, 0.2) is 18.1 Å². The number of aryl methyl sites for hydroxylation is 1. The molecule has 0 aliphatic carbocycles. The van der Waals surface area contributed by atoms with Gasteiger partial charge in [-0.2, -0.15) is 8.42 Å². The molecule has 6 aromatic rings. The summed E-state index contributed by atoms with van der Waals surface area (Å²) in [7, 11) is -7.42. The number of aliphatic hydroxyl groups excluding tert-OH is 2. The Hall–Kier alpha value is -8.63. The van der Waals surface area contributed by atoms with E-state index >= 15 is 0 Å². The van der Waals surface area contributed by atoms with Crippen molar-refractivity contribution in [3.05, 3.63) is 135 Å². The predicted molar refractivity (Wildman–Crippen MR) is 390 cm³/mol. The van der Waals surface area contributed by atoms with E-state index in [4.69, 9.17) is 4.55 Å². The van der Waals surface area contributed by atoms with Gasteiger partial charge in [-0.05, 0) is 83.7 Å². The van der Waals surface area contributed by atoms with Crippen LogP contribution in [0.3, 0.4) is 0 Å². The summed E-state index contributed by atoms with van der Waals surface area (Å²) in [6, 6.07) is 16.1. The van der Waals surface area contributed by atoms with Crippen molar-refractivity contribution in [1.82, 2.24) is 106 Å². The summed E-state index contributed by atoms with van der Waals surface area (Å²) in [4.78, 5) is 156. The minimum atomic E-state index is -4.66. The molecule has 55 heteroatoms. The zero-order valence-electron chi connectivity index (χ0n) is 60.5. The first-order valence-electron chi connectivity index (χ1n) is 32.9. The maximum absolute atomic E-state index is 13.6. The number of rotatable bonds is 27. The number of imide groups is 1. The molecule has 0 saturated carbocycles. The minimum Gasteiger partial charge on any atom is -0.747 e. The number of hydrogen-bond acceptors (Lipinski definition) is 36. The van der Waals surface area contributed by atoms with Gasteiger partial charge in [-0.1, -0.05) is 108 Å². The van der Waals surface area contributed by atoms with Gasteiger partial charge >= 0.3 is 88.9 Å². The molecule has 9 atom stereocenters. The number of fused-ring (bicyclic) bond motifs is 3. The van der Waals surface area contributed by atoms with Gasteiger partial charge in [-0.25, -0.2) is 36.8 Å². The molecule has 13 rings (SSSR count). The number of aromatic hydroxyl groups is 1. The SMILES string of the molecule is CCN1CCN(C(=O)N[C@@H](C(=O)N[C@@H]2C(=O)N3C(C(=O)O)=C(CSc4nnnn4C)CS[C@H]23)c2ccc(O)cc2)C(=O)C1=O.O=C(O)C1=C(CSc2nnnn2CS(=O)(=O)O)CS[C@@H]2[C@H](NC(=O)[C@H](O)c3ccccc3)C(=O)N12.O=C([O-])C1=C(CSc2nnnn2CS(=O)(=O)[O-])CS[C@@H]2[C@H](NC(=O)[C@H](O)c3ccccc3)C(=O)N12.[Na+].[Na+]. The number of carbonyl (C=O) groups excluding carboxylic acids is 10. The van der Waals surface area contributed by atoms with Gasteiger partial charge in [0.2, 0.25) is 21.4 Å². The average Bonchev–Trinajstić information content (AvgIpc) is 0.781. The number of likely N-dealkylation sites (N-methyl/N-ethyl adjacent to an activating group) is 1. The number of carbonyl (C=O) groups is 12. The second-order valence-corrected chi connectivity index (χ2v) is 33.6. The number of carboxylic acid groups (broad SMARTS) is 3. The number of aliphatic hydroxyl groups is 2. The normalized spacial score (nSPS) is 20.4. The van der Waals surface area contributed by atoms with Crippen molar-refractivity contribution in [3.8, 4) is 5.75 Å². The summed E-state index contributed by atoms with van der Waals surface area (Å²) in [5, 5.41) is 102. The maximum atomic E-state index is 13.6. The second-order valence-electron chi connectivity index (χ2n) is 24.7. The zero-order chi connectivity index (χ0) is 82.4. The Kier molecular flexibility index (Phi) is 30.9. The van der Waals surface area contributed by atoms with Gasteiger partial charge in [0.1, 0.15) is 73.4 Å². The zero-order valence-corrected chi connectivity index (χ0v) is 71.0. The Bertz CT molecular complexity index is 4970. The summed E-state index contributed by atoms with van der Waals surface area (Å²) in [5.74, 6) is -11.6. The van der Waals surface area contributed by atoms with Gasteiger partial charge in [0, 0.05) is 61.2 Å². The Labute approximate surface area is 724 Å². The number of phenols is 1. The molecule has 4 saturated heterocycles. The number of β-lactam (4-membered cyclic amide) rings is 3. The second kappa shape index (κ2) is 39.3.